The lowest BCUT2D eigenvalue weighted by molar-refractivity contribution is 0.0616. The molecule has 1 aromatic heterocycles. The third kappa shape index (κ3) is 5.49. The van der Waals surface area contributed by atoms with E-state index in [9.17, 15) is 9.50 Å². The first kappa shape index (κ1) is 20.6. The lowest BCUT2D eigenvalue weighted by Crippen LogP contribution is -2.37. The number of hydrogen-bond donors (Lipinski definition) is 1. The van der Waals surface area contributed by atoms with Crippen molar-refractivity contribution in [3.05, 3.63) is 89.5 Å². The van der Waals surface area contributed by atoms with Gasteiger partial charge in [-0.3, -0.25) is 4.90 Å². The van der Waals surface area contributed by atoms with E-state index in [4.69, 9.17) is 4.74 Å². The van der Waals surface area contributed by atoms with Crippen LogP contribution in [0.4, 0.5) is 4.39 Å². The first-order valence-corrected chi connectivity index (χ1v) is 10.6. The zero-order chi connectivity index (χ0) is 20.9. The number of para-hydroxylation sites is 1. The molecule has 0 amide bonds. The molecule has 0 radical (unpaired) electrons. The molecule has 2 aromatic carbocycles. The molecule has 3 aromatic rings. The number of rotatable bonds is 10. The molecule has 30 heavy (non-hydrogen) atoms. The van der Waals surface area contributed by atoms with E-state index >= 15 is 0 Å². The van der Waals surface area contributed by atoms with Gasteiger partial charge in [0.1, 0.15) is 24.3 Å². The van der Waals surface area contributed by atoms with Gasteiger partial charge in [0.15, 0.2) is 0 Å². The second-order valence-corrected chi connectivity index (χ2v) is 8.14. The first-order chi connectivity index (χ1) is 14.6. The van der Waals surface area contributed by atoms with Crippen LogP contribution >= 0.6 is 0 Å². The summed E-state index contributed by atoms with van der Waals surface area (Å²) in [7, 11) is 0. The Morgan fingerprint density at radius 2 is 1.87 bits per heavy atom. The van der Waals surface area contributed by atoms with Crippen LogP contribution in [0.3, 0.4) is 0 Å². The Morgan fingerprint density at radius 3 is 2.60 bits per heavy atom. The lowest BCUT2D eigenvalue weighted by atomic mass is 10.2. The fourth-order valence-electron chi connectivity index (χ4n) is 3.75. The molecule has 0 spiro atoms. The molecule has 158 valence electrons. The predicted octanol–water partition coefficient (Wildman–Crippen LogP) is 4.39. The van der Waals surface area contributed by atoms with Gasteiger partial charge in [0.2, 0.25) is 0 Å². The molecule has 1 aliphatic rings. The van der Waals surface area contributed by atoms with Gasteiger partial charge in [0.05, 0.1) is 0 Å². The predicted molar refractivity (Wildman–Crippen MR) is 116 cm³/mol. The Bertz CT molecular complexity index is 950. The number of aliphatic hydroxyl groups excluding tert-OH is 1. The number of benzene rings is 2. The molecule has 1 aliphatic carbocycles. The van der Waals surface area contributed by atoms with Gasteiger partial charge in [0, 0.05) is 37.6 Å². The normalized spacial score (nSPS) is 14.8. The summed E-state index contributed by atoms with van der Waals surface area (Å²) in [6.07, 6.45) is 3.85. The summed E-state index contributed by atoms with van der Waals surface area (Å²) in [5, 5.41) is 10.6. The summed E-state index contributed by atoms with van der Waals surface area (Å²) in [6.45, 7) is 4.36. The van der Waals surface area contributed by atoms with Crippen LogP contribution < -0.4 is 4.74 Å². The minimum atomic E-state index is -0.550. The van der Waals surface area contributed by atoms with Crippen molar-refractivity contribution in [2.45, 2.75) is 45.0 Å². The Balaban J connectivity index is 1.36. The summed E-state index contributed by atoms with van der Waals surface area (Å²) < 4.78 is 21.2. The Labute approximate surface area is 177 Å². The van der Waals surface area contributed by atoms with E-state index in [0.717, 1.165) is 23.4 Å². The topological polar surface area (TPSA) is 37.6 Å². The van der Waals surface area contributed by atoms with Crippen LogP contribution in [0.25, 0.3) is 0 Å². The fraction of sp³-hybridized carbons (Fsp3) is 0.360. The molecule has 0 unspecified atom stereocenters. The van der Waals surface area contributed by atoms with E-state index < -0.39 is 6.10 Å². The summed E-state index contributed by atoms with van der Waals surface area (Å²) in [4.78, 5) is 2.35. The number of aromatic nitrogens is 1. The monoisotopic (exact) mass is 408 g/mol. The highest BCUT2D eigenvalue weighted by Gasteiger charge is 2.31. The smallest absolute Gasteiger partial charge is 0.123 e. The van der Waals surface area contributed by atoms with Crippen LogP contribution in [0, 0.1) is 12.7 Å². The molecule has 1 heterocycles. The molecule has 5 heteroatoms. The van der Waals surface area contributed by atoms with E-state index in [-0.39, 0.29) is 12.4 Å². The molecule has 1 atom stereocenters. The van der Waals surface area contributed by atoms with Gasteiger partial charge in [-0.1, -0.05) is 30.3 Å². The Hall–Kier alpha value is -2.63. The summed E-state index contributed by atoms with van der Waals surface area (Å²) in [5.74, 6) is 0.607. The van der Waals surface area contributed by atoms with Crippen molar-refractivity contribution in [3.63, 3.8) is 0 Å². The maximum Gasteiger partial charge on any atom is 0.123 e. The van der Waals surface area contributed by atoms with Crippen LogP contribution in [0.5, 0.6) is 5.75 Å². The number of aliphatic hydroxyl groups is 1. The Kier molecular flexibility index (Phi) is 6.50. The minimum Gasteiger partial charge on any atom is -0.491 e. The zero-order valence-electron chi connectivity index (χ0n) is 17.4. The van der Waals surface area contributed by atoms with E-state index in [1.165, 1.54) is 30.7 Å². The number of halogens is 1. The van der Waals surface area contributed by atoms with Gasteiger partial charge in [-0.15, -0.1) is 0 Å². The van der Waals surface area contributed by atoms with Crippen molar-refractivity contribution in [2.24, 2.45) is 0 Å². The number of nitrogens with zero attached hydrogens (tertiary/aromatic N) is 2. The molecule has 0 bridgehead atoms. The number of hydrogen-bond acceptors (Lipinski definition) is 3. The van der Waals surface area contributed by atoms with Gasteiger partial charge >= 0.3 is 0 Å². The highest BCUT2D eigenvalue weighted by molar-refractivity contribution is 5.31. The second-order valence-electron chi connectivity index (χ2n) is 8.14. The number of ether oxygens (including phenoxy) is 1. The summed E-state index contributed by atoms with van der Waals surface area (Å²) in [5.41, 5.74) is 3.33. The highest BCUT2D eigenvalue weighted by atomic mass is 19.1. The molecule has 1 N–H and O–H groups in total. The molecule has 4 rings (SSSR count). The SMILES string of the molecule is Cc1ccccc1OC[C@@H](O)CN(Cc1cccn1Cc1ccc(F)cc1)C1CC1. The van der Waals surface area contributed by atoms with Gasteiger partial charge in [-0.25, -0.2) is 4.39 Å². The van der Waals surface area contributed by atoms with E-state index in [1.807, 2.05) is 49.4 Å². The lowest BCUT2D eigenvalue weighted by Gasteiger charge is -2.26. The largest absolute Gasteiger partial charge is 0.491 e. The maximum atomic E-state index is 13.2. The average Bonchev–Trinajstić information content (AvgIpc) is 3.50. The van der Waals surface area contributed by atoms with Gasteiger partial charge in [-0.05, 0) is 61.2 Å². The van der Waals surface area contributed by atoms with Crippen LogP contribution in [-0.2, 0) is 13.1 Å². The third-order valence-electron chi connectivity index (χ3n) is 5.59. The molecular weight excluding hydrogens is 379 g/mol. The zero-order valence-corrected chi connectivity index (χ0v) is 17.4. The second kappa shape index (κ2) is 9.45. The third-order valence-corrected chi connectivity index (χ3v) is 5.59. The van der Waals surface area contributed by atoms with Crippen molar-refractivity contribution in [1.82, 2.24) is 9.47 Å². The van der Waals surface area contributed by atoms with E-state index in [2.05, 4.69) is 21.7 Å². The van der Waals surface area contributed by atoms with Gasteiger partial charge in [-0.2, -0.15) is 0 Å². The quantitative estimate of drug-likeness (QED) is 0.541. The van der Waals surface area contributed by atoms with Crippen molar-refractivity contribution >= 4 is 0 Å². The van der Waals surface area contributed by atoms with E-state index in [1.54, 1.807) is 0 Å². The van der Waals surface area contributed by atoms with Crippen molar-refractivity contribution < 1.29 is 14.2 Å². The molecule has 4 nitrogen and oxygen atoms in total. The van der Waals surface area contributed by atoms with Crippen molar-refractivity contribution in [1.29, 1.82) is 0 Å². The molecule has 0 aliphatic heterocycles. The van der Waals surface area contributed by atoms with Crippen LogP contribution in [0.15, 0.2) is 66.9 Å². The fourth-order valence-corrected chi connectivity index (χ4v) is 3.75. The summed E-state index contributed by atoms with van der Waals surface area (Å²) in [6, 6.07) is 19.2. The van der Waals surface area contributed by atoms with Crippen molar-refractivity contribution in [3.8, 4) is 5.75 Å². The van der Waals surface area contributed by atoms with Crippen molar-refractivity contribution in [2.75, 3.05) is 13.2 Å². The first-order valence-electron chi connectivity index (χ1n) is 10.6. The summed E-state index contributed by atoms with van der Waals surface area (Å²) >= 11 is 0. The number of aryl methyl sites for hydroxylation is 1. The van der Waals surface area contributed by atoms with Crippen LogP contribution in [0.2, 0.25) is 0 Å². The molecule has 1 fully saturated rings. The Morgan fingerprint density at radius 1 is 1.10 bits per heavy atom. The van der Waals surface area contributed by atoms with Gasteiger partial charge < -0.3 is 14.4 Å². The standard InChI is InChI=1S/C25H29FN2O2/c1-19-5-2-3-7-25(19)30-18-24(29)17-28(22-12-13-22)16-23-6-4-14-27(23)15-20-8-10-21(26)11-9-20/h2-11,14,22,24,29H,12-13,15-18H2,1H3/t24-/m0/s1. The highest BCUT2D eigenvalue weighted by Crippen LogP contribution is 2.29. The van der Waals surface area contributed by atoms with Crippen LogP contribution in [-0.4, -0.2) is 39.9 Å². The molecule has 1 saturated carbocycles. The molecule has 0 saturated heterocycles. The maximum absolute atomic E-state index is 13.2. The van der Waals surface area contributed by atoms with Gasteiger partial charge in [0.25, 0.3) is 0 Å². The molecular formula is C25H29FN2O2. The van der Waals surface area contributed by atoms with E-state index in [0.29, 0.717) is 19.1 Å². The minimum absolute atomic E-state index is 0.215. The average molecular weight is 409 g/mol. The van der Waals surface area contributed by atoms with Crippen LogP contribution in [0.1, 0.15) is 29.7 Å².